The molecule has 1 fully saturated rings. The summed E-state index contributed by atoms with van der Waals surface area (Å²) in [6, 6.07) is 13.6. The molecule has 1 saturated carbocycles. The van der Waals surface area contributed by atoms with Gasteiger partial charge < -0.3 is 10.4 Å². The molecule has 0 radical (unpaired) electrons. The minimum absolute atomic E-state index is 0.170. The third kappa shape index (κ3) is 4.70. The van der Waals surface area contributed by atoms with E-state index in [2.05, 4.69) is 25.6 Å². The van der Waals surface area contributed by atoms with Crippen molar-refractivity contribution in [2.24, 2.45) is 0 Å². The van der Waals surface area contributed by atoms with Gasteiger partial charge in [-0.2, -0.15) is 10.2 Å². The second-order valence-electron chi connectivity index (χ2n) is 10.0. The number of aromatic amines is 1. The zero-order valence-electron chi connectivity index (χ0n) is 20.4. The van der Waals surface area contributed by atoms with Crippen LogP contribution in [-0.4, -0.2) is 47.6 Å². The van der Waals surface area contributed by atoms with Crippen molar-refractivity contribution in [2.45, 2.75) is 50.8 Å². The Balaban J connectivity index is 1.18. The molecule has 1 amide bonds. The van der Waals surface area contributed by atoms with Gasteiger partial charge >= 0.3 is 0 Å². The van der Waals surface area contributed by atoms with Crippen molar-refractivity contribution >= 4 is 27.7 Å². The number of aromatic nitrogens is 5. The molecule has 5 aromatic rings. The van der Waals surface area contributed by atoms with Gasteiger partial charge in [-0.3, -0.25) is 19.6 Å². The standard InChI is InChI=1S/C28H27FN6O2/c1-17-11-18(8-10-30-17)26-23-12-19(5-7-24(23)32-33-26)27(36)31-22-3-2-9-28(37,14-22)16-35-15-20-4-6-21(29)13-25(20)34-35/h4-8,10-13,15,22,37H,2-3,9,14,16H2,1H3,(H,31,36)(H,32,33)/t22-,28+/m1/s1. The molecule has 0 saturated heterocycles. The molecule has 188 valence electrons. The first-order chi connectivity index (χ1) is 17.8. The molecule has 2 atom stereocenters. The van der Waals surface area contributed by atoms with Crippen molar-refractivity contribution in [3.05, 3.63) is 78.0 Å². The molecule has 3 heterocycles. The van der Waals surface area contributed by atoms with E-state index in [1.165, 1.54) is 12.1 Å². The molecule has 3 N–H and O–H groups in total. The topological polar surface area (TPSA) is 109 Å². The van der Waals surface area contributed by atoms with Crippen LogP contribution < -0.4 is 5.32 Å². The summed E-state index contributed by atoms with van der Waals surface area (Å²) in [5, 5.41) is 28.1. The SMILES string of the molecule is Cc1cc(-c2n[nH]c3ccc(C(=O)N[C@@H]4CCC[C@@](O)(Cn5cc6ccc(F)cc6n5)C4)cc23)ccn1. The normalized spacial score (nSPS) is 19.9. The van der Waals surface area contributed by atoms with Gasteiger partial charge in [0.2, 0.25) is 0 Å². The van der Waals surface area contributed by atoms with Crippen molar-refractivity contribution in [1.82, 2.24) is 30.3 Å². The average Bonchev–Trinajstić information content (AvgIpc) is 3.46. The predicted molar refractivity (Wildman–Crippen MR) is 138 cm³/mol. The molecule has 2 aromatic carbocycles. The number of nitrogens with zero attached hydrogens (tertiary/aromatic N) is 4. The summed E-state index contributed by atoms with van der Waals surface area (Å²) < 4.78 is 15.2. The smallest absolute Gasteiger partial charge is 0.251 e. The molecule has 1 aliphatic rings. The number of carbonyl (C=O) groups is 1. The summed E-state index contributed by atoms with van der Waals surface area (Å²) in [4.78, 5) is 17.5. The number of carbonyl (C=O) groups excluding carboxylic acids is 1. The minimum atomic E-state index is -1.02. The highest BCUT2D eigenvalue weighted by atomic mass is 19.1. The van der Waals surface area contributed by atoms with E-state index < -0.39 is 5.60 Å². The second-order valence-corrected chi connectivity index (χ2v) is 10.0. The maximum atomic E-state index is 13.5. The Hall–Kier alpha value is -4.11. The van der Waals surface area contributed by atoms with Crippen LogP contribution >= 0.6 is 0 Å². The third-order valence-corrected chi connectivity index (χ3v) is 7.12. The van der Waals surface area contributed by atoms with Crippen molar-refractivity contribution < 1.29 is 14.3 Å². The molecule has 8 nitrogen and oxygen atoms in total. The van der Waals surface area contributed by atoms with Crippen LogP contribution in [0.1, 0.15) is 41.7 Å². The Morgan fingerprint density at radius 2 is 2.14 bits per heavy atom. The van der Waals surface area contributed by atoms with Gasteiger partial charge in [-0.25, -0.2) is 4.39 Å². The lowest BCUT2D eigenvalue weighted by Gasteiger charge is -2.37. The fourth-order valence-electron chi connectivity index (χ4n) is 5.37. The van der Waals surface area contributed by atoms with E-state index in [9.17, 15) is 14.3 Å². The molecule has 6 rings (SSSR count). The fraction of sp³-hybridized carbons (Fsp3) is 0.286. The number of rotatable bonds is 5. The molecular weight excluding hydrogens is 471 g/mol. The largest absolute Gasteiger partial charge is 0.388 e. The van der Waals surface area contributed by atoms with Gasteiger partial charge in [0.25, 0.3) is 5.91 Å². The van der Waals surface area contributed by atoms with Gasteiger partial charge in [0.15, 0.2) is 0 Å². The summed E-state index contributed by atoms with van der Waals surface area (Å²) >= 11 is 0. The number of H-pyrrole nitrogens is 1. The molecule has 0 aliphatic heterocycles. The van der Waals surface area contributed by atoms with Crippen LogP contribution in [0.15, 0.2) is 60.9 Å². The van der Waals surface area contributed by atoms with Gasteiger partial charge in [0, 0.05) is 52.1 Å². The third-order valence-electron chi connectivity index (χ3n) is 7.12. The second kappa shape index (κ2) is 9.08. The number of fused-ring (bicyclic) bond motifs is 2. The van der Waals surface area contributed by atoms with E-state index in [0.29, 0.717) is 23.9 Å². The van der Waals surface area contributed by atoms with Crippen LogP contribution in [-0.2, 0) is 6.54 Å². The Morgan fingerprint density at radius 3 is 3.00 bits per heavy atom. The van der Waals surface area contributed by atoms with Gasteiger partial charge in [0.05, 0.1) is 23.2 Å². The fourth-order valence-corrected chi connectivity index (χ4v) is 5.37. The first kappa shape index (κ1) is 23.3. The lowest BCUT2D eigenvalue weighted by molar-refractivity contribution is -0.0235. The van der Waals surface area contributed by atoms with Crippen LogP contribution in [0, 0.1) is 12.7 Å². The zero-order valence-corrected chi connectivity index (χ0v) is 20.4. The summed E-state index contributed by atoms with van der Waals surface area (Å²) in [5.41, 5.74) is 3.52. The van der Waals surface area contributed by atoms with E-state index in [-0.39, 0.29) is 24.3 Å². The van der Waals surface area contributed by atoms with E-state index in [1.54, 1.807) is 23.0 Å². The van der Waals surface area contributed by atoms with Gasteiger partial charge in [0.1, 0.15) is 11.5 Å². The Bertz CT molecular complexity index is 1630. The van der Waals surface area contributed by atoms with Crippen molar-refractivity contribution in [3.63, 3.8) is 0 Å². The molecular formula is C28H27FN6O2. The molecule has 0 unspecified atom stereocenters. The van der Waals surface area contributed by atoms with Crippen LogP contribution in [0.4, 0.5) is 4.39 Å². The van der Waals surface area contributed by atoms with Gasteiger partial charge in [-0.1, -0.05) is 0 Å². The molecule has 0 spiro atoms. The highest BCUT2D eigenvalue weighted by molar-refractivity contribution is 6.01. The van der Waals surface area contributed by atoms with Crippen molar-refractivity contribution in [3.8, 4) is 11.3 Å². The number of aliphatic hydroxyl groups is 1. The van der Waals surface area contributed by atoms with Crippen LogP contribution in [0.3, 0.4) is 0 Å². The summed E-state index contributed by atoms with van der Waals surface area (Å²) in [7, 11) is 0. The predicted octanol–water partition coefficient (Wildman–Crippen LogP) is 4.53. The van der Waals surface area contributed by atoms with E-state index >= 15 is 0 Å². The quantitative estimate of drug-likeness (QED) is 0.330. The van der Waals surface area contributed by atoms with Gasteiger partial charge in [-0.05, 0) is 75.1 Å². The molecule has 1 aliphatic carbocycles. The number of amides is 1. The monoisotopic (exact) mass is 498 g/mol. The van der Waals surface area contributed by atoms with Crippen molar-refractivity contribution in [2.75, 3.05) is 0 Å². The van der Waals surface area contributed by atoms with E-state index in [1.807, 2.05) is 37.4 Å². The number of hydrogen-bond donors (Lipinski definition) is 3. The highest BCUT2D eigenvalue weighted by Crippen LogP contribution is 2.31. The number of halogens is 1. The lowest BCUT2D eigenvalue weighted by Crippen LogP contribution is -2.47. The van der Waals surface area contributed by atoms with Crippen LogP contribution in [0.2, 0.25) is 0 Å². The number of hydrogen-bond acceptors (Lipinski definition) is 5. The van der Waals surface area contributed by atoms with Crippen molar-refractivity contribution in [1.29, 1.82) is 0 Å². The number of aryl methyl sites for hydroxylation is 1. The van der Waals surface area contributed by atoms with Crippen LogP contribution in [0.5, 0.6) is 0 Å². The van der Waals surface area contributed by atoms with E-state index in [0.717, 1.165) is 46.1 Å². The summed E-state index contributed by atoms with van der Waals surface area (Å²) in [6.45, 7) is 2.21. The lowest BCUT2D eigenvalue weighted by atomic mass is 9.81. The molecule has 3 aromatic heterocycles. The maximum Gasteiger partial charge on any atom is 0.251 e. The number of benzene rings is 2. The summed E-state index contributed by atoms with van der Waals surface area (Å²) in [5.74, 6) is -0.525. The Morgan fingerprint density at radius 1 is 1.24 bits per heavy atom. The molecule has 9 heteroatoms. The maximum absolute atomic E-state index is 13.5. The van der Waals surface area contributed by atoms with Gasteiger partial charge in [-0.15, -0.1) is 0 Å². The first-order valence-electron chi connectivity index (χ1n) is 12.4. The zero-order chi connectivity index (χ0) is 25.6. The number of pyridine rings is 1. The minimum Gasteiger partial charge on any atom is -0.388 e. The average molecular weight is 499 g/mol. The highest BCUT2D eigenvalue weighted by Gasteiger charge is 2.36. The summed E-state index contributed by atoms with van der Waals surface area (Å²) in [6.07, 6.45) is 6.16. The number of nitrogens with one attached hydrogen (secondary N) is 2. The molecule has 0 bridgehead atoms. The Kier molecular flexibility index (Phi) is 5.72. The first-order valence-corrected chi connectivity index (χ1v) is 12.4. The van der Waals surface area contributed by atoms with E-state index in [4.69, 9.17) is 0 Å². The Labute approximate surface area is 212 Å². The molecule has 37 heavy (non-hydrogen) atoms. The van der Waals surface area contributed by atoms with Crippen LogP contribution in [0.25, 0.3) is 33.1 Å².